The molecule has 0 bridgehead atoms. The lowest BCUT2D eigenvalue weighted by atomic mass is 10.1. The highest BCUT2D eigenvalue weighted by Crippen LogP contribution is 2.22. The molecule has 78 valence electrons. The first kappa shape index (κ1) is 9.99. The van der Waals surface area contributed by atoms with Gasteiger partial charge in [0.15, 0.2) is 0 Å². The van der Waals surface area contributed by atoms with Crippen molar-refractivity contribution < 1.29 is 9.90 Å². The average Bonchev–Trinajstić information content (AvgIpc) is 2.64. The highest BCUT2D eigenvalue weighted by molar-refractivity contribution is 5.95. The summed E-state index contributed by atoms with van der Waals surface area (Å²) in [7, 11) is 0. The third-order valence-corrected chi connectivity index (χ3v) is 2.25. The van der Waals surface area contributed by atoms with E-state index in [9.17, 15) is 4.79 Å². The van der Waals surface area contributed by atoms with E-state index < -0.39 is 5.97 Å². The molecule has 1 aromatic carbocycles. The molecule has 2 rings (SSSR count). The summed E-state index contributed by atoms with van der Waals surface area (Å²) in [5.41, 5.74) is 1.81. The third-order valence-electron chi connectivity index (χ3n) is 2.25. The van der Waals surface area contributed by atoms with E-state index in [2.05, 4.69) is 4.98 Å². The fraction of sp³-hybridized carbons (Fsp3) is 0. The van der Waals surface area contributed by atoms with Gasteiger partial charge in [0.25, 0.3) is 0 Å². The van der Waals surface area contributed by atoms with Crippen molar-refractivity contribution in [3.8, 4) is 6.07 Å². The number of hydrogen-bond donors (Lipinski definition) is 2. The molecule has 0 fully saturated rings. The lowest BCUT2D eigenvalue weighted by Crippen LogP contribution is -1.86. The Labute approximate surface area is 91.4 Å². The highest BCUT2D eigenvalue weighted by atomic mass is 16.4. The lowest BCUT2D eigenvalue weighted by molar-refractivity contribution is -0.131. The van der Waals surface area contributed by atoms with Gasteiger partial charge in [-0.15, -0.1) is 0 Å². The number of rotatable bonds is 2. The maximum Gasteiger partial charge on any atom is 0.328 e. The Hall–Kier alpha value is -2.54. The number of benzene rings is 1. The summed E-state index contributed by atoms with van der Waals surface area (Å²) in [6.07, 6.45) is 2.45. The van der Waals surface area contributed by atoms with Gasteiger partial charge in [-0.2, -0.15) is 5.26 Å². The molecule has 0 aliphatic carbocycles. The molecule has 0 atom stereocenters. The van der Waals surface area contributed by atoms with E-state index in [1.165, 1.54) is 6.08 Å². The van der Waals surface area contributed by atoms with Gasteiger partial charge < -0.3 is 10.1 Å². The van der Waals surface area contributed by atoms with Crippen molar-refractivity contribution in [3.05, 3.63) is 41.6 Å². The standard InChI is InChI=1S/C12H8N2O2/c13-7-11-9(5-6-12(15)16)8-3-1-2-4-10(8)14-11/h1-6,14H,(H,15,16). The molecule has 4 nitrogen and oxygen atoms in total. The van der Waals surface area contributed by atoms with Gasteiger partial charge in [-0.25, -0.2) is 4.79 Å². The molecule has 0 spiro atoms. The normalized spacial score (nSPS) is 10.7. The Balaban J connectivity index is 2.66. The van der Waals surface area contributed by atoms with Crippen LogP contribution in [0.15, 0.2) is 30.3 Å². The highest BCUT2D eigenvalue weighted by Gasteiger charge is 2.07. The van der Waals surface area contributed by atoms with Crippen LogP contribution in [0.4, 0.5) is 0 Å². The van der Waals surface area contributed by atoms with E-state index in [4.69, 9.17) is 10.4 Å². The Kier molecular flexibility index (Phi) is 2.44. The van der Waals surface area contributed by atoms with Crippen LogP contribution in [0.1, 0.15) is 11.3 Å². The van der Waals surface area contributed by atoms with Gasteiger partial charge in [0.05, 0.1) is 0 Å². The minimum absolute atomic E-state index is 0.374. The first-order chi connectivity index (χ1) is 7.72. The second-order valence-electron chi connectivity index (χ2n) is 3.24. The quantitative estimate of drug-likeness (QED) is 0.748. The van der Waals surface area contributed by atoms with Crippen LogP contribution < -0.4 is 0 Å². The van der Waals surface area contributed by atoms with Crippen LogP contribution in [0.25, 0.3) is 17.0 Å². The minimum Gasteiger partial charge on any atom is -0.478 e. The molecular weight excluding hydrogens is 204 g/mol. The van der Waals surface area contributed by atoms with Gasteiger partial charge in [0.1, 0.15) is 11.8 Å². The molecular formula is C12H8N2O2. The number of carboxylic acid groups (broad SMARTS) is 1. The molecule has 0 aliphatic heterocycles. The maximum atomic E-state index is 10.5. The molecule has 0 radical (unpaired) electrons. The smallest absolute Gasteiger partial charge is 0.328 e. The van der Waals surface area contributed by atoms with Crippen molar-refractivity contribution in [1.29, 1.82) is 5.26 Å². The number of aliphatic carboxylic acids is 1. The van der Waals surface area contributed by atoms with E-state index in [1.807, 2.05) is 30.3 Å². The van der Waals surface area contributed by atoms with Crippen molar-refractivity contribution >= 4 is 22.9 Å². The summed E-state index contributed by atoms with van der Waals surface area (Å²) < 4.78 is 0. The van der Waals surface area contributed by atoms with Crippen molar-refractivity contribution in [2.45, 2.75) is 0 Å². The number of nitrogens with zero attached hydrogens (tertiary/aromatic N) is 1. The third kappa shape index (κ3) is 1.66. The fourth-order valence-electron chi connectivity index (χ4n) is 1.58. The van der Waals surface area contributed by atoms with Crippen LogP contribution in [0.5, 0.6) is 0 Å². The predicted molar refractivity (Wildman–Crippen MR) is 59.7 cm³/mol. The Morgan fingerprint density at radius 2 is 2.19 bits per heavy atom. The summed E-state index contributed by atoms with van der Waals surface area (Å²) in [6.45, 7) is 0. The number of nitrogens with one attached hydrogen (secondary N) is 1. The molecule has 0 aliphatic rings. The minimum atomic E-state index is -1.03. The van der Waals surface area contributed by atoms with Crippen LogP contribution in [-0.4, -0.2) is 16.1 Å². The summed E-state index contributed by atoms with van der Waals surface area (Å²) in [5.74, 6) is -1.03. The van der Waals surface area contributed by atoms with Gasteiger partial charge in [-0.3, -0.25) is 0 Å². The van der Waals surface area contributed by atoms with Gasteiger partial charge in [0.2, 0.25) is 0 Å². The molecule has 0 saturated heterocycles. The molecule has 0 unspecified atom stereocenters. The Bertz CT molecular complexity index is 617. The molecule has 4 heteroatoms. The number of carboxylic acids is 1. The number of carbonyl (C=O) groups is 1. The first-order valence-electron chi connectivity index (χ1n) is 4.64. The van der Waals surface area contributed by atoms with E-state index >= 15 is 0 Å². The molecule has 16 heavy (non-hydrogen) atoms. The molecule has 1 heterocycles. The Morgan fingerprint density at radius 3 is 2.88 bits per heavy atom. The van der Waals surface area contributed by atoms with Crippen molar-refractivity contribution in [3.63, 3.8) is 0 Å². The topological polar surface area (TPSA) is 76.9 Å². The zero-order valence-corrected chi connectivity index (χ0v) is 8.27. The van der Waals surface area contributed by atoms with Crippen LogP contribution in [0.3, 0.4) is 0 Å². The van der Waals surface area contributed by atoms with Gasteiger partial charge in [0, 0.05) is 22.5 Å². The number of hydrogen-bond acceptors (Lipinski definition) is 2. The lowest BCUT2D eigenvalue weighted by Gasteiger charge is -1.90. The zero-order chi connectivity index (χ0) is 11.5. The summed E-state index contributed by atoms with van der Waals surface area (Å²) >= 11 is 0. The Morgan fingerprint density at radius 1 is 1.44 bits per heavy atom. The fourth-order valence-corrected chi connectivity index (χ4v) is 1.58. The second-order valence-corrected chi connectivity index (χ2v) is 3.24. The van der Waals surface area contributed by atoms with Gasteiger partial charge in [-0.05, 0) is 12.1 Å². The number of aromatic nitrogens is 1. The first-order valence-corrected chi connectivity index (χ1v) is 4.64. The number of para-hydroxylation sites is 1. The average molecular weight is 212 g/mol. The number of nitriles is 1. The van der Waals surface area contributed by atoms with Crippen molar-refractivity contribution in [2.75, 3.05) is 0 Å². The van der Waals surface area contributed by atoms with E-state index in [0.29, 0.717) is 11.3 Å². The number of H-pyrrole nitrogens is 1. The largest absolute Gasteiger partial charge is 0.478 e. The molecule has 1 aromatic heterocycles. The van der Waals surface area contributed by atoms with Crippen molar-refractivity contribution in [1.82, 2.24) is 4.98 Å². The predicted octanol–water partition coefficient (Wildman–Crippen LogP) is 2.14. The van der Waals surface area contributed by atoms with E-state index in [-0.39, 0.29) is 0 Å². The zero-order valence-electron chi connectivity index (χ0n) is 8.27. The summed E-state index contributed by atoms with van der Waals surface area (Å²) in [6, 6.07) is 9.39. The monoisotopic (exact) mass is 212 g/mol. The van der Waals surface area contributed by atoms with Crippen LogP contribution in [0, 0.1) is 11.3 Å². The number of aromatic amines is 1. The van der Waals surface area contributed by atoms with Crippen LogP contribution in [-0.2, 0) is 4.79 Å². The molecule has 0 saturated carbocycles. The molecule has 2 N–H and O–H groups in total. The van der Waals surface area contributed by atoms with Crippen molar-refractivity contribution in [2.24, 2.45) is 0 Å². The second kappa shape index (κ2) is 3.91. The van der Waals surface area contributed by atoms with Crippen LogP contribution in [0.2, 0.25) is 0 Å². The summed E-state index contributed by atoms with van der Waals surface area (Å²) in [5, 5.41) is 18.3. The molecule has 0 amide bonds. The SMILES string of the molecule is N#Cc1[nH]c2ccccc2c1C=CC(=O)O. The van der Waals surface area contributed by atoms with Gasteiger partial charge >= 0.3 is 5.97 Å². The van der Waals surface area contributed by atoms with E-state index in [0.717, 1.165) is 17.0 Å². The van der Waals surface area contributed by atoms with Crippen LogP contribution >= 0.6 is 0 Å². The van der Waals surface area contributed by atoms with Gasteiger partial charge in [-0.1, -0.05) is 18.2 Å². The molecule has 2 aromatic rings. The number of fused-ring (bicyclic) bond motifs is 1. The maximum absolute atomic E-state index is 10.5. The van der Waals surface area contributed by atoms with E-state index in [1.54, 1.807) is 0 Å². The summed E-state index contributed by atoms with van der Waals surface area (Å²) in [4.78, 5) is 13.4.